The van der Waals surface area contributed by atoms with Crippen molar-refractivity contribution in [2.24, 2.45) is 0 Å². The minimum Gasteiger partial charge on any atom is -0.361 e. The van der Waals surface area contributed by atoms with Crippen molar-refractivity contribution in [3.63, 3.8) is 0 Å². The second-order valence-corrected chi connectivity index (χ2v) is 5.07. The maximum absolute atomic E-state index is 11.9. The summed E-state index contributed by atoms with van der Waals surface area (Å²) >= 11 is 6.08. The Labute approximate surface area is 122 Å². The van der Waals surface area contributed by atoms with E-state index in [1.54, 1.807) is 6.20 Å². The van der Waals surface area contributed by atoms with Crippen molar-refractivity contribution in [3.05, 3.63) is 64.8 Å². The fourth-order valence-corrected chi connectivity index (χ4v) is 2.30. The first-order valence-corrected chi connectivity index (χ1v) is 6.66. The van der Waals surface area contributed by atoms with Crippen LogP contribution in [0, 0.1) is 6.92 Å². The van der Waals surface area contributed by atoms with Crippen LogP contribution in [0.4, 0.5) is 11.4 Å². The van der Waals surface area contributed by atoms with Gasteiger partial charge in [-0.05, 0) is 30.7 Å². The molecule has 2 aromatic rings. The fraction of sp³-hybridized carbons (Fsp3) is 0.0625. The first-order chi connectivity index (χ1) is 9.65. The van der Waals surface area contributed by atoms with Crippen LogP contribution in [-0.4, -0.2) is 5.91 Å². The smallest absolute Gasteiger partial charge is 0.257 e. The van der Waals surface area contributed by atoms with Gasteiger partial charge in [-0.1, -0.05) is 35.9 Å². The van der Waals surface area contributed by atoms with Gasteiger partial charge in [0, 0.05) is 28.2 Å². The molecule has 2 N–H and O–H groups in total. The lowest BCUT2D eigenvalue weighted by molar-refractivity contribution is -0.110. The molecule has 0 aliphatic carbocycles. The molecule has 20 heavy (non-hydrogen) atoms. The summed E-state index contributed by atoms with van der Waals surface area (Å²) in [6.07, 6.45) is 1.71. The molecular formula is C16H13ClN2O. The molecule has 1 amide bonds. The zero-order valence-corrected chi connectivity index (χ0v) is 11.7. The summed E-state index contributed by atoms with van der Waals surface area (Å²) in [6.45, 7) is 1.95. The highest BCUT2D eigenvalue weighted by Crippen LogP contribution is 2.31. The number of hydrogen-bond donors (Lipinski definition) is 2. The predicted octanol–water partition coefficient (Wildman–Crippen LogP) is 4.05. The van der Waals surface area contributed by atoms with Crippen LogP contribution >= 0.6 is 11.6 Å². The highest BCUT2D eigenvalue weighted by atomic mass is 35.5. The van der Waals surface area contributed by atoms with Gasteiger partial charge >= 0.3 is 0 Å². The number of benzene rings is 2. The van der Waals surface area contributed by atoms with E-state index in [0.717, 1.165) is 22.5 Å². The summed E-state index contributed by atoms with van der Waals surface area (Å²) in [7, 11) is 0. The molecule has 0 bridgehead atoms. The van der Waals surface area contributed by atoms with E-state index in [4.69, 9.17) is 11.6 Å². The second-order valence-electron chi connectivity index (χ2n) is 4.67. The van der Waals surface area contributed by atoms with Crippen molar-refractivity contribution in [1.29, 1.82) is 0 Å². The molecule has 0 aromatic heterocycles. The van der Waals surface area contributed by atoms with Gasteiger partial charge in [-0.15, -0.1) is 0 Å². The van der Waals surface area contributed by atoms with E-state index in [1.807, 2.05) is 49.4 Å². The van der Waals surface area contributed by atoms with Gasteiger partial charge in [0.1, 0.15) is 0 Å². The predicted molar refractivity (Wildman–Crippen MR) is 82.9 cm³/mol. The number of amides is 1. The SMILES string of the molecule is Cc1ccc(N/C=C2\C(=O)Nc3ccccc32)cc1Cl. The third kappa shape index (κ3) is 2.28. The molecular weight excluding hydrogens is 272 g/mol. The van der Waals surface area contributed by atoms with Crippen LogP contribution in [0.1, 0.15) is 11.1 Å². The highest BCUT2D eigenvalue weighted by Gasteiger charge is 2.23. The van der Waals surface area contributed by atoms with Gasteiger partial charge < -0.3 is 10.6 Å². The number of fused-ring (bicyclic) bond motifs is 1. The first kappa shape index (κ1) is 12.8. The zero-order chi connectivity index (χ0) is 14.1. The summed E-state index contributed by atoms with van der Waals surface area (Å²) in [4.78, 5) is 11.9. The quantitative estimate of drug-likeness (QED) is 0.817. The Morgan fingerprint density at radius 3 is 2.80 bits per heavy atom. The number of carbonyl (C=O) groups is 1. The van der Waals surface area contributed by atoms with Crippen LogP contribution in [0.2, 0.25) is 5.02 Å². The van der Waals surface area contributed by atoms with Gasteiger partial charge in [0.05, 0.1) is 5.57 Å². The van der Waals surface area contributed by atoms with Gasteiger partial charge in [-0.3, -0.25) is 4.79 Å². The van der Waals surface area contributed by atoms with Crippen LogP contribution in [0.25, 0.3) is 5.57 Å². The molecule has 0 spiro atoms. The molecule has 100 valence electrons. The van der Waals surface area contributed by atoms with Gasteiger partial charge in [-0.25, -0.2) is 0 Å². The molecule has 0 atom stereocenters. The van der Waals surface area contributed by atoms with Crippen molar-refractivity contribution < 1.29 is 4.79 Å². The highest BCUT2D eigenvalue weighted by molar-refractivity contribution is 6.32. The summed E-state index contributed by atoms with van der Waals surface area (Å²) in [5.74, 6) is -0.100. The lowest BCUT2D eigenvalue weighted by atomic mass is 10.1. The zero-order valence-electron chi connectivity index (χ0n) is 10.9. The molecule has 3 rings (SSSR count). The van der Waals surface area contributed by atoms with E-state index >= 15 is 0 Å². The molecule has 0 saturated heterocycles. The Morgan fingerprint density at radius 2 is 2.00 bits per heavy atom. The van der Waals surface area contributed by atoms with E-state index in [-0.39, 0.29) is 5.91 Å². The van der Waals surface area contributed by atoms with Crippen molar-refractivity contribution in [1.82, 2.24) is 0 Å². The van der Waals surface area contributed by atoms with Crippen LogP contribution in [-0.2, 0) is 4.79 Å². The molecule has 2 aromatic carbocycles. The van der Waals surface area contributed by atoms with E-state index in [0.29, 0.717) is 10.6 Å². The molecule has 0 saturated carbocycles. The number of carbonyl (C=O) groups excluding carboxylic acids is 1. The van der Waals surface area contributed by atoms with E-state index in [9.17, 15) is 4.79 Å². The number of aryl methyl sites for hydroxylation is 1. The van der Waals surface area contributed by atoms with Gasteiger partial charge in [-0.2, -0.15) is 0 Å². The van der Waals surface area contributed by atoms with Crippen LogP contribution in [0.5, 0.6) is 0 Å². The number of para-hydroxylation sites is 1. The summed E-state index contributed by atoms with van der Waals surface area (Å²) < 4.78 is 0. The maximum Gasteiger partial charge on any atom is 0.257 e. The van der Waals surface area contributed by atoms with Crippen LogP contribution in [0.15, 0.2) is 48.7 Å². The van der Waals surface area contributed by atoms with E-state index < -0.39 is 0 Å². The minimum atomic E-state index is -0.100. The monoisotopic (exact) mass is 284 g/mol. The van der Waals surface area contributed by atoms with Gasteiger partial charge in [0.25, 0.3) is 5.91 Å². The molecule has 4 heteroatoms. The largest absolute Gasteiger partial charge is 0.361 e. The molecule has 0 unspecified atom stereocenters. The van der Waals surface area contributed by atoms with Gasteiger partial charge in [0.15, 0.2) is 0 Å². The average Bonchev–Trinajstić information content (AvgIpc) is 2.76. The fourth-order valence-electron chi connectivity index (χ4n) is 2.12. The topological polar surface area (TPSA) is 41.1 Å². The third-order valence-electron chi connectivity index (χ3n) is 3.27. The standard InChI is InChI=1S/C16H13ClN2O/c1-10-6-7-11(8-14(10)17)18-9-13-12-4-2-3-5-15(12)19-16(13)20/h2-9,18H,1H3,(H,19,20)/b13-9-. The average molecular weight is 285 g/mol. The van der Waals surface area contributed by atoms with E-state index in [1.165, 1.54) is 0 Å². The first-order valence-electron chi connectivity index (χ1n) is 6.29. The summed E-state index contributed by atoms with van der Waals surface area (Å²) in [5.41, 5.74) is 4.24. The lowest BCUT2D eigenvalue weighted by Gasteiger charge is -2.04. The Kier molecular flexibility index (Phi) is 3.20. The second kappa shape index (κ2) is 5.02. The molecule has 1 aliphatic heterocycles. The Hall–Kier alpha value is -2.26. The van der Waals surface area contributed by atoms with Crippen molar-refractivity contribution in [3.8, 4) is 0 Å². The molecule has 0 radical (unpaired) electrons. The number of hydrogen-bond acceptors (Lipinski definition) is 2. The van der Waals surface area contributed by atoms with Gasteiger partial charge in [0.2, 0.25) is 0 Å². The lowest BCUT2D eigenvalue weighted by Crippen LogP contribution is -2.05. The van der Waals surface area contributed by atoms with Crippen molar-refractivity contribution >= 4 is 34.5 Å². The number of halogens is 1. The summed E-state index contributed by atoms with van der Waals surface area (Å²) in [5, 5.41) is 6.65. The van der Waals surface area contributed by atoms with Crippen LogP contribution < -0.4 is 10.6 Å². The third-order valence-corrected chi connectivity index (χ3v) is 3.67. The molecule has 1 aliphatic rings. The minimum absolute atomic E-state index is 0.100. The van der Waals surface area contributed by atoms with E-state index in [2.05, 4.69) is 10.6 Å². The van der Waals surface area contributed by atoms with Crippen molar-refractivity contribution in [2.75, 3.05) is 10.6 Å². The Bertz CT molecular complexity index is 722. The number of nitrogens with one attached hydrogen (secondary N) is 2. The maximum atomic E-state index is 11.9. The Balaban J connectivity index is 1.89. The summed E-state index contributed by atoms with van der Waals surface area (Å²) in [6, 6.07) is 13.3. The normalized spacial score (nSPS) is 15.1. The molecule has 3 nitrogen and oxygen atoms in total. The number of rotatable bonds is 2. The molecule has 1 heterocycles. The number of anilines is 2. The van der Waals surface area contributed by atoms with Crippen LogP contribution in [0.3, 0.4) is 0 Å². The molecule has 0 fully saturated rings. The van der Waals surface area contributed by atoms with Crippen molar-refractivity contribution in [2.45, 2.75) is 6.92 Å². The Morgan fingerprint density at radius 1 is 1.20 bits per heavy atom.